The Labute approximate surface area is 128 Å². The molecule has 0 aromatic heterocycles. The highest BCUT2D eigenvalue weighted by atomic mass is 79.9. The summed E-state index contributed by atoms with van der Waals surface area (Å²) in [6, 6.07) is 14.6. The summed E-state index contributed by atoms with van der Waals surface area (Å²) < 4.78 is 6.82. The zero-order valence-electron chi connectivity index (χ0n) is 11.8. The van der Waals surface area contributed by atoms with Crippen molar-refractivity contribution < 1.29 is 4.74 Å². The molecule has 20 heavy (non-hydrogen) atoms. The Kier molecular flexibility index (Phi) is 4.67. The van der Waals surface area contributed by atoms with Crippen LogP contribution in [0.25, 0.3) is 10.8 Å². The van der Waals surface area contributed by atoms with Gasteiger partial charge in [-0.1, -0.05) is 30.3 Å². The predicted molar refractivity (Wildman–Crippen MR) is 85.8 cm³/mol. The second-order valence-corrected chi connectivity index (χ2v) is 6.34. The summed E-state index contributed by atoms with van der Waals surface area (Å²) in [4.78, 5) is 0. The van der Waals surface area contributed by atoms with Gasteiger partial charge in [0.2, 0.25) is 0 Å². The summed E-state index contributed by atoms with van der Waals surface area (Å²) in [5.74, 6) is 0.860. The van der Waals surface area contributed by atoms with Gasteiger partial charge in [-0.25, -0.2) is 0 Å². The summed E-state index contributed by atoms with van der Waals surface area (Å²) >= 11 is 3.61. The number of hydrogen-bond donors (Lipinski definition) is 0. The Hall–Kier alpha value is -1.53. The van der Waals surface area contributed by atoms with Gasteiger partial charge in [-0.05, 0) is 59.5 Å². The molecule has 0 fully saturated rings. The first-order valence-electron chi connectivity index (χ1n) is 6.75. The molecule has 0 radical (unpaired) electrons. The summed E-state index contributed by atoms with van der Waals surface area (Å²) in [6.45, 7) is 4.54. The minimum Gasteiger partial charge on any atom is -0.492 e. The Balaban J connectivity index is 2.01. The van der Waals surface area contributed by atoms with E-state index in [0.717, 1.165) is 28.5 Å². The fourth-order valence-corrected chi connectivity index (χ4v) is 2.68. The van der Waals surface area contributed by atoms with Crippen LogP contribution in [-0.2, 0) is 0 Å². The Bertz CT molecular complexity index is 643. The lowest BCUT2D eigenvalue weighted by Gasteiger charge is -2.15. The number of nitriles is 1. The molecule has 0 heterocycles. The molecule has 0 unspecified atom stereocenters. The third-order valence-electron chi connectivity index (χ3n) is 3.33. The number of nitrogens with zero attached hydrogens (tertiary/aromatic N) is 1. The minimum absolute atomic E-state index is 0.274. The molecule has 2 aromatic carbocycles. The van der Waals surface area contributed by atoms with Gasteiger partial charge in [0.1, 0.15) is 5.75 Å². The molecule has 2 rings (SSSR count). The summed E-state index contributed by atoms with van der Waals surface area (Å²) in [6.07, 6.45) is 1.72. The second kappa shape index (κ2) is 6.28. The first-order chi connectivity index (χ1) is 9.53. The van der Waals surface area contributed by atoms with Crippen molar-refractivity contribution in [2.24, 2.45) is 5.41 Å². The van der Waals surface area contributed by atoms with E-state index in [-0.39, 0.29) is 5.41 Å². The maximum Gasteiger partial charge on any atom is 0.134 e. The topological polar surface area (TPSA) is 33.0 Å². The molecule has 0 saturated carbocycles. The lowest BCUT2D eigenvalue weighted by molar-refractivity contribution is 0.283. The quantitative estimate of drug-likeness (QED) is 0.695. The SMILES string of the molecule is CC(C)(C#N)CCCOc1ccc2ccccc2c1Br. The predicted octanol–water partition coefficient (Wildman–Crippen LogP) is 5.31. The zero-order chi connectivity index (χ0) is 14.6. The average Bonchev–Trinajstić information content (AvgIpc) is 2.46. The average molecular weight is 332 g/mol. The van der Waals surface area contributed by atoms with Gasteiger partial charge in [-0.2, -0.15) is 5.26 Å². The van der Waals surface area contributed by atoms with E-state index in [1.165, 1.54) is 5.39 Å². The lowest BCUT2D eigenvalue weighted by Crippen LogP contribution is -2.10. The van der Waals surface area contributed by atoms with Crippen molar-refractivity contribution in [1.82, 2.24) is 0 Å². The lowest BCUT2D eigenvalue weighted by atomic mass is 9.90. The van der Waals surface area contributed by atoms with Crippen LogP contribution >= 0.6 is 15.9 Å². The Morgan fingerprint density at radius 3 is 2.70 bits per heavy atom. The van der Waals surface area contributed by atoms with Crippen LogP contribution < -0.4 is 4.74 Å². The van der Waals surface area contributed by atoms with E-state index in [4.69, 9.17) is 10.00 Å². The highest BCUT2D eigenvalue weighted by Gasteiger charge is 2.15. The molecular weight excluding hydrogens is 314 g/mol. The Morgan fingerprint density at radius 2 is 1.95 bits per heavy atom. The molecule has 0 aliphatic rings. The molecular formula is C17H18BrNO. The molecule has 0 spiro atoms. The van der Waals surface area contributed by atoms with Gasteiger partial charge in [0, 0.05) is 0 Å². The summed E-state index contributed by atoms with van der Waals surface area (Å²) in [5.41, 5.74) is -0.274. The van der Waals surface area contributed by atoms with Crippen molar-refractivity contribution >= 4 is 26.7 Å². The van der Waals surface area contributed by atoms with E-state index in [1.807, 2.05) is 32.0 Å². The van der Waals surface area contributed by atoms with Crippen LogP contribution in [-0.4, -0.2) is 6.61 Å². The summed E-state index contributed by atoms with van der Waals surface area (Å²) in [7, 11) is 0. The summed E-state index contributed by atoms with van der Waals surface area (Å²) in [5, 5.41) is 11.3. The molecule has 2 aromatic rings. The van der Waals surface area contributed by atoms with Crippen molar-refractivity contribution in [2.75, 3.05) is 6.61 Å². The van der Waals surface area contributed by atoms with Crippen LogP contribution in [0.15, 0.2) is 40.9 Å². The normalized spacial score (nSPS) is 11.3. The van der Waals surface area contributed by atoms with Gasteiger partial charge in [0.25, 0.3) is 0 Å². The van der Waals surface area contributed by atoms with E-state index < -0.39 is 0 Å². The maximum absolute atomic E-state index is 8.97. The van der Waals surface area contributed by atoms with E-state index in [2.05, 4.69) is 40.2 Å². The molecule has 0 aliphatic heterocycles. The van der Waals surface area contributed by atoms with Crippen molar-refractivity contribution in [2.45, 2.75) is 26.7 Å². The first-order valence-corrected chi connectivity index (χ1v) is 7.54. The molecule has 0 saturated heterocycles. The zero-order valence-corrected chi connectivity index (χ0v) is 13.4. The van der Waals surface area contributed by atoms with Gasteiger partial charge in [-0.3, -0.25) is 0 Å². The highest BCUT2D eigenvalue weighted by molar-refractivity contribution is 9.10. The van der Waals surface area contributed by atoms with Crippen molar-refractivity contribution in [3.05, 3.63) is 40.9 Å². The number of rotatable bonds is 5. The molecule has 0 aliphatic carbocycles. The van der Waals surface area contributed by atoms with E-state index in [1.54, 1.807) is 0 Å². The van der Waals surface area contributed by atoms with Gasteiger partial charge >= 0.3 is 0 Å². The monoisotopic (exact) mass is 331 g/mol. The number of fused-ring (bicyclic) bond motifs is 1. The van der Waals surface area contributed by atoms with Crippen LogP contribution in [0.4, 0.5) is 0 Å². The van der Waals surface area contributed by atoms with Gasteiger partial charge in [-0.15, -0.1) is 0 Å². The fraction of sp³-hybridized carbons (Fsp3) is 0.353. The Morgan fingerprint density at radius 1 is 1.20 bits per heavy atom. The molecule has 0 N–H and O–H groups in total. The number of benzene rings is 2. The van der Waals surface area contributed by atoms with Crippen LogP contribution in [0.5, 0.6) is 5.75 Å². The maximum atomic E-state index is 8.97. The number of halogens is 1. The van der Waals surface area contributed by atoms with Crippen LogP contribution in [0, 0.1) is 16.7 Å². The minimum atomic E-state index is -0.274. The molecule has 0 atom stereocenters. The molecule has 0 bridgehead atoms. The van der Waals surface area contributed by atoms with Gasteiger partial charge in [0.05, 0.1) is 22.6 Å². The molecule has 3 heteroatoms. The van der Waals surface area contributed by atoms with E-state index in [9.17, 15) is 0 Å². The van der Waals surface area contributed by atoms with Crippen LogP contribution in [0.3, 0.4) is 0 Å². The van der Waals surface area contributed by atoms with Crippen LogP contribution in [0.2, 0.25) is 0 Å². The largest absolute Gasteiger partial charge is 0.492 e. The van der Waals surface area contributed by atoms with E-state index in [0.29, 0.717) is 6.61 Å². The van der Waals surface area contributed by atoms with Crippen molar-refractivity contribution in [3.63, 3.8) is 0 Å². The van der Waals surface area contributed by atoms with Gasteiger partial charge < -0.3 is 4.74 Å². The fourth-order valence-electron chi connectivity index (χ4n) is 2.08. The third-order valence-corrected chi connectivity index (χ3v) is 4.15. The van der Waals surface area contributed by atoms with Gasteiger partial charge in [0.15, 0.2) is 0 Å². The second-order valence-electron chi connectivity index (χ2n) is 5.55. The smallest absolute Gasteiger partial charge is 0.134 e. The third kappa shape index (κ3) is 3.52. The first kappa shape index (κ1) is 14.9. The highest BCUT2D eigenvalue weighted by Crippen LogP contribution is 2.33. The molecule has 0 amide bonds. The number of hydrogen-bond acceptors (Lipinski definition) is 2. The molecule has 2 nitrogen and oxygen atoms in total. The number of ether oxygens (including phenoxy) is 1. The van der Waals surface area contributed by atoms with Crippen molar-refractivity contribution in [1.29, 1.82) is 5.26 Å². The van der Waals surface area contributed by atoms with E-state index >= 15 is 0 Å². The van der Waals surface area contributed by atoms with Crippen molar-refractivity contribution in [3.8, 4) is 11.8 Å². The standard InChI is InChI=1S/C17H18BrNO/c1-17(2,12-19)10-5-11-20-15-9-8-13-6-3-4-7-14(13)16(15)18/h3-4,6-9H,5,10-11H2,1-2H3. The molecule has 104 valence electrons. The van der Waals surface area contributed by atoms with Crippen LogP contribution in [0.1, 0.15) is 26.7 Å².